The van der Waals surface area contributed by atoms with Gasteiger partial charge in [-0.25, -0.2) is 10.0 Å². The van der Waals surface area contributed by atoms with Crippen LogP contribution in [0.15, 0.2) is 0 Å². The Morgan fingerprint density at radius 3 is 1.50 bits per heavy atom. The molecule has 0 atom stereocenters. The van der Waals surface area contributed by atoms with Crippen LogP contribution in [-0.2, 0) is 0 Å². The molecule has 0 unspecified atom stereocenters. The van der Waals surface area contributed by atoms with Gasteiger partial charge in [0.15, 0.2) is 0 Å². The van der Waals surface area contributed by atoms with Crippen molar-refractivity contribution in [3.8, 4) is 0 Å². The Hall–Kier alpha value is -0.680. The second kappa shape index (κ2) is 6.39. The Morgan fingerprint density at radius 2 is 1.15 bits per heavy atom. The van der Waals surface area contributed by atoms with E-state index in [0.717, 1.165) is 0 Å². The van der Waals surface area contributed by atoms with E-state index < -0.39 is 0 Å². The van der Waals surface area contributed by atoms with Gasteiger partial charge in [-0.15, -0.1) is 0 Å². The number of nitro groups is 1. The van der Waals surface area contributed by atoms with Crippen molar-refractivity contribution in [2.75, 3.05) is 13.1 Å². The van der Waals surface area contributed by atoms with Crippen molar-refractivity contribution in [2.24, 2.45) is 0 Å². The molecule has 3 aliphatic rings. The van der Waals surface area contributed by atoms with Gasteiger partial charge in [0.05, 0.1) is 13.1 Å². The molecule has 0 aromatic carbocycles. The zero-order valence-corrected chi connectivity index (χ0v) is 12.4. The SMILES string of the molecule is O=[N+]([O-])C1CN(C2CCCCC2)N(C2CCCCC2)C1. The quantitative estimate of drug-likeness (QED) is 0.589. The third-order valence-electron chi connectivity index (χ3n) is 5.42. The number of hydrazine groups is 1. The molecule has 0 spiro atoms. The van der Waals surface area contributed by atoms with Gasteiger partial charge >= 0.3 is 0 Å². The predicted octanol–water partition coefficient (Wildman–Crippen LogP) is 2.83. The third-order valence-corrected chi connectivity index (χ3v) is 5.42. The van der Waals surface area contributed by atoms with Gasteiger partial charge in [-0.05, 0) is 25.7 Å². The minimum absolute atomic E-state index is 0.0569. The van der Waals surface area contributed by atoms with Gasteiger partial charge in [0.1, 0.15) is 0 Å². The Bertz CT molecular complexity index is 312. The highest BCUT2D eigenvalue weighted by Gasteiger charge is 2.43. The van der Waals surface area contributed by atoms with Crippen LogP contribution >= 0.6 is 0 Å². The second-order valence-corrected chi connectivity index (χ2v) is 6.77. The molecule has 1 saturated heterocycles. The van der Waals surface area contributed by atoms with Crippen LogP contribution in [0.25, 0.3) is 0 Å². The van der Waals surface area contributed by atoms with E-state index in [2.05, 4.69) is 10.0 Å². The number of nitrogens with zero attached hydrogens (tertiary/aromatic N) is 3. The van der Waals surface area contributed by atoms with Crippen molar-refractivity contribution in [2.45, 2.75) is 82.3 Å². The highest BCUT2D eigenvalue weighted by molar-refractivity contribution is 4.87. The summed E-state index contributed by atoms with van der Waals surface area (Å²) in [5.41, 5.74) is 0. The van der Waals surface area contributed by atoms with E-state index in [9.17, 15) is 10.1 Å². The molecule has 5 nitrogen and oxygen atoms in total. The molecule has 1 aliphatic heterocycles. The molecule has 2 saturated carbocycles. The topological polar surface area (TPSA) is 49.6 Å². The lowest BCUT2D eigenvalue weighted by atomic mass is 9.93. The molecule has 0 bridgehead atoms. The average Bonchev–Trinajstić information content (AvgIpc) is 2.94. The van der Waals surface area contributed by atoms with Gasteiger partial charge in [0, 0.05) is 17.0 Å². The summed E-state index contributed by atoms with van der Waals surface area (Å²) in [7, 11) is 0. The van der Waals surface area contributed by atoms with Crippen molar-refractivity contribution in [1.29, 1.82) is 0 Å². The molecule has 20 heavy (non-hydrogen) atoms. The molecular formula is C15H27N3O2. The maximum atomic E-state index is 11.2. The first-order chi connectivity index (χ1) is 9.75. The summed E-state index contributed by atoms with van der Waals surface area (Å²) in [5.74, 6) is 0. The minimum atomic E-state index is -0.376. The molecule has 0 N–H and O–H groups in total. The Balaban J connectivity index is 1.70. The van der Waals surface area contributed by atoms with E-state index in [0.29, 0.717) is 25.2 Å². The summed E-state index contributed by atoms with van der Waals surface area (Å²) in [6.07, 6.45) is 12.8. The van der Waals surface area contributed by atoms with Crippen LogP contribution in [0.1, 0.15) is 64.2 Å². The Labute approximate surface area is 121 Å². The Morgan fingerprint density at radius 1 is 0.750 bits per heavy atom. The number of hydrogen-bond donors (Lipinski definition) is 0. The molecule has 5 heteroatoms. The van der Waals surface area contributed by atoms with Crippen molar-refractivity contribution in [1.82, 2.24) is 10.0 Å². The molecular weight excluding hydrogens is 254 g/mol. The Kier molecular flexibility index (Phi) is 4.56. The summed E-state index contributed by atoms with van der Waals surface area (Å²) in [6.45, 7) is 1.29. The molecule has 3 rings (SSSR count). The smallest absolute Gasteiger partial charge is 0.240 e. The van der Waals surface area contributed by atoms with Gasteiger partial charge in [-0.2, -0.15) is 0 Å². The molecule has 0 aromatic heterocycles. The van der Waals surface area contributed by atoms with Crippen LogP contribution in [0.5, 0.6) is 0 Å². The van der Waals surface area contributed by atoms with Gasteiger partial charge in [-0.1, -0.05) is 38.5 Å². The minimum Gasteiger partial charge on any atom is -0.264 e. The first kappa shape index (κ1) is 14.3. The first-order valence-electron chi connectivity index (χ1n) is 8.42. The molecule has 3 fully saturated rings. The van der Waals surface area contributed by atoms with Crippen molar-refractivity contribution in [3.63, 3.8) is 0 Å². The normalized spacial score (nSPS) is 29.0. The van der Waals surface area contributed by atoms with Crippen molar-refractivity contribution in [3.05, 3.63) is 10.1 Å². The predicted molar refractivity (Wildman–Crippen MR) is 77.9 cm³/mol. The molecule has 114 valence electrons. The van der Waals surface area contributed by atoms with Crippen LogP contribution in [0, 0.1) is 10.1 Å². The lowest BCUT2D eigenvalue weighted by Gasteiger charge is -2.41. The number of rotatable bonds is 3. The van der Waals surface area contributed by atoms with E-state index in [1.807, 2.05) is 0 Å². The molecule has 0 amide bonds. The monoisotopic (exact) mass is 281 g/mol. The van der Waals surface area contributed by atoms with Gasteiger partial charge in [0.2, 0.25) is 6.04 Å². The summed E-state index contributed by atoms with van der Waals surface area (Å²) >= 11 is 0. The van der Waals surface area contributed by atoms with E-state index >= 15 is 0 Å². The molecule has 1 heterocycles. The highest BCUT2D eigenvalue weighted by atomic mass is 16.6. The van der Waals surface area contributed by atoms with Crippen molar-refractivity contribution < 1.29 is 4.92 Å². The van der Waals surface area contributed by atoms with Gasteiger partial charge in [0.25, 0.3) is 0 Å². The lowest BCUT2D eigenvalue weighted by Crippen LogP contribution is -2.50. The van der Waals surface area contributed by atoms with Crippen LogP contribution < -0.4 is 0 Å². The standard InChI is InChI=1S/C15H27N3O2/c19-18(20)15-11-16(13-7-3-1-4-8-13)17(12-15)14-9-5-2-6-10-14/h13-15H,1-12H2. The fraction of sp³-hybridized carbons (Fsp3) is 1.00. The largest absolute Gasteiger partial charge is 0.264 e. The van der Waals surface area contributed by atoms with Crippen LogP contribution in [-0.4, -0.2) is 46.2 Å². The summed E-state index contributed by atoms with van der Waals surface area (Å²) in [5, 5.41) is 16.0. The zero-order chi connectivity index (χ0) is 13.9. The van der Waals surface area contributed by atoms with E-state index in [4.69, 9.17) is 0 Å². The third kappa shape index (κ3) is 2.98. The van der Waals surface area contributed by atoms with E-state index in [-0.39, 0.29) is 11.0 Å². The maximum absolute atomic E-state index is 11.2. The lowest BCUT2D eigenvalue weighted by molar-refractivity contribution is -0.515. The van der Waals surface area contributed by atoms with Crippen molar-refractivity contribution >= 4 is 0 Å². The molecule has 0 radical (unpaired) electrons. The average molecular weight is 281 g/mol. The summed E-state index contributed by atoms with van der Waals surface area (Å²) < 4.78 is 0. The van der Waals surface area contributed by atoms with E-state index in [1.165, 1.54) is 64.2 Å². The highest BCUT2D eigenvalue weighted by Crippen LogP contribution is 2.32. The maximum Gasteiger partial charge on any atom is 0.240 e. The van der Waals surface area contributed by atoms with Gasteiger partial charge < -0.3 is 0 Å². The fourth-order valence-corrected chi connectivity index (χ4v) is 4.31. The fourth-order valence-electron chi connectivity index (χ4n) is 4.31. The van der Waals surface area contributed by atoms with Crippen LogP contribution in [0.2, 0.25) is 0 Å². The zero-order valence-electron chi connectivity index (χ0n) is 12.4. The number of hydrogen-bond acceptors (Lipinski definition) is 4. The van der Waals surface area contributed by atoms with Gasteiger partial charge in [-0.3, -0.25) is 10.1 Å². The second-order valence-electron chi connectivity index (χ2n) is 6.77. The summed E-state index contributed by atoms with van der Waals surface area (Å²) in [6, 6.07) is 0.755. The summed E-state index contributed by atoms with van der Waals surface area (Å²) in [4.78, 5) is 11.2. The first-order valence-corrected chi connectivity index (χ1v) is 8.42. The van der Waals surface area contributed by atoms with Crippen LogP contribution in [0.3, 0.4) is 0 Å². The molecule has 2 aliphatic carbocycles. The van der Waals surface area contributed by atoms with Crippen LogP contribution in [0.4, 0.5) is 0 Å². The van der Waals surface area contributed by atoms with E-state index in [1.54, 1.807) is 0 Å². The molecule has 0 aromatic rings.